The minimum Gasteiger partial charge on any atom is -0.317 e. The molecule has 2 heteroatoms. The van der Waals surface area contributed by atoms with Crippen LogP contribution in [-0.4, -0.2) is 13.0 Å². The van der Waals surface area contributed by atoms with E-state index in [0.717, 1.165) is 0 Å². The molecule has 0 radical (unpaired) electrons. The van der Waals surface area contributed by atoms with Crippen molar-refractivity contribution in [2.75, 3.05) is 13.0 Å². The third kappa shape index (κ3) is 2.07. The van der Waals surface area contributed by atoms with Gasteiger partial charge in [0.1, 0.15) is 5.82 Å². The Morgan fingerprint density at radius 2 is 2.00 bits per heavy atom. The van der Waals surface area contributed by atoms with Crippen molar-refractivity contribution in [2.45, 2.75) is 18.6 Å². The summed E-state index contributed by atoms with van der Waals surface area (Å²) >= 11 is 0. The highest BCUT2D eigenvalue weighted by atomic mass is 19.1. The Morgan fingerprint density at radius 1 is 1.38 bits per heavy atom. The lowest BCUT2D eigenvalue weighted by Crippen LogP contribution is -2.26. The van der Waals surface area contributed by atoms with E-state index in [1.165, 1.54) is 5.32 Å². The van der Waals surface area contributed by atoms with Crippen LogP contribution in [-0.2, 0) is 0 Å². The van der Waals surface area contributed by atoms with Gasteiger partial charge in [-0.25, -0.2) is 4.39 Å². The van der Waals surface area contributed by atoms with Crippen LogP contribution in [0.25, 0.3) is 0 Å². The summed E-state index contributed by atoms with van der Waals surface area (Å²) in [4.78, 5) is 0. The predicted molar refractivity (Wildman–Crippen MR) is 51.2 cm³/mol. The maximum absolute atomic E-state index is 13.8. The molecular formula is C11H14FN. The molecule has 1 N–H and O–H groups in total. The minimum atomic E-state index is -3.59. The Hall–Kier alpha value is -0.890. The van der Waals surface area contributed by atoms with Crippen LogP contribution in [0.2, 0.25) is 0 Å². The molecule has 1 aliphatic rings. The third-order valence-electron chi connectivity index (χ3n) is 1.34. The van der Waals surface area contributed by atoms with E-state index < -0.39 is 67.2 Å². The summed E-state index contributed by atoms with van der Waals surface area (Å²) in [5.41, 5.74) is -1.27. The van der Waals surface area contributed by atoms with Gasteiger partial charge in [-0.05, 0) is 49.3 Å². The maximum Gasteiger partial charge on any atom is 0.123 e. The third-order valence-corrected chi connectivity index (χ3v) is 1.34. The minimum absolute atomic E-state index is 1.27. The lowest BCUT2D eigenvalue weighted by atomic mass is 9.90. The molecular weight excluding hydrogens is 165 g/mol. The first-order valence-corrected chi connectivity index (χ1v) is 3.44. The van der Waals surface area contributed by atoms with Crippen molar-refractivity contribution < 1.29 is 22.2 Å². The zero-order valence-corrected chi connectivity index (χ0v) is 6.38. The van der Waals surface area contributed by atoms with E-state index in [1.54, 1.807) is 0 Å². The highest BCUT2D eigenvalue weighted by molar-refractivity contribution is 5.20. The van der Waals surface area contributed by atoms with Gasteiger partial charge >= 0.3 is 0 Å². The summed E-state index contributed by atoms with van der Waals surface area (Å²) in [6.45, 7) is -6.66. The smallest absolute Gasteiger partial charge is 0.123 e. The molecule has 1 aromatic carbocycles. The highest BCUT2D eigenvalue weighted by Gasteiger charge is 2.14. The summed E-state index contributed by atoms with van der Waals surface area (Å²) in [5, 5.41) is 1.52. The Balaban J connectivity index is 3.06. The fraction of sp³-hybridized carbons (Fsp3) is 0.455. The Bertz CT molecular complexity index is 719. The predicted octanol–water partition coefficient (Wildman–Crippen LogP) is 2.29. The molecule has 1 saturated heterocycles. The number of rotatable bonds is 1. The monoisotopic (exact) mass is 192 g/mol. The number of benzene rings is 1. The number of hydrogen-bond donors (Lipinski definition) is 1. The molecule has 1 heterocycles. The van der Waals surface area contributed by atoms with E-state index >= 15 is 0 Å². The van der Waals surface area contributed by atoms with Crippen molar-refractivity contribution in [3.63, 3.8) is 0 Å². The molecule has 1 fully saturated rings. The normalized spacial score (nSPS) is 51.3. The average molecular weight is 192 g/mol. The molecule has 1 nitrogen and oxygen atoms in total. The lowest BCUT2D eigenvalue weighted by Gasteiger charge is -2.22. The average Bonchev–Trinajstić information content (AvgIpc) is 2.48. The van der Waals surface area contributed by atoms with E-state index in [0.29, 0.717) is 0 Å². The first kappa shape index (κ1) is 2.19. The lowest BCUT2D eigenvalue weighted by molar-refractivity contribution is 0.460. The van der Waals surface area contributed by atoms with Gasteiger partial charge < -0.3 is 5.32 Å². The zero-order valence-electron chi connectivity index (χ0n) is 19.4. The molecule has 13 heavy (non-hydrogen) atoms. The van der Waals surface area contributed by atoms with Crippen LogP contribution in [0.5, 0.6) is 0 Å². The molecule has 0 spiro atoms. The molecule has 0 saturated carbocycles. The molecule has 0 bridgehead atoms. The van der Waals surface area contributed by atoms with Gasteiger partial charge in [-0.2, -0.15) is 0 Å². The van der Waals surface area contributed by atoms with Crippen LogP contribution in [0.15, 0.2) is 24.2 Å². The molecule has 0 atom stereocenters. The van der Waals surface area contributed by atoms with Gasteiger partial charge in [-0.1, -0.05) is 12.1 Å². The summed E-state index contributed by atoms with van der Waals surface area (Å²) in [5.74, 6) is -5.19. The van der Waals surface area contributed by atoms with Gasteiger partial charge in [-0.15, -0.1) is 0 Å². The topological polar surface area (TPSA) is 12.0 Å². The van der Waals surface area contributed by atoms with Gasteiger partial charge in [0, 0.05) is 12.3 Å². The summed E-state index contributed by atoms with van der Waals surface area (Å²) in [6.07, 6.45) is -7.14. The van der Waals surface area contributed by atoms with Crippen LogP contribution in [0.3, 0.4) is 0 Å². The second-order valence-corrected chi connectivity index (χ2v) is 2.19. The first-order chi connectivity index (χ1) is 11.4. The summed E-state index contributed by atoms with van der Waals surface area (Å²) < 4.78 is 116. The number of halogens is 1. The van der Waals surface area contributed by atoms with Crippen LogP contribution in [0.4, 0.5) is 4.39 Å². The molecule has 2 rings (SSSR count). The number of hydrogen-bond acceptors (Lipinski definition) is 1. The van der Waals surface area contributed by atoms with E-state index in [4.69, 9.17) is 17.8 Å². The van der Waals surface area contributed by atoms with Gasteiger partial charge in [0.15, 0.2) is 0 Å². The molecule has 1 aliphatic heterocycles. The second-order valence-electron chi connectivity index (χ2n) is 2.19. The van der Waals surface area contributed by atoms with Crippen molar-refractivity contribution in [2.24, 2.45) is 0 Å². The van der Waals surface area contributed by atoms with Gasteiger partial charge in [0.25, 0.3) is 0 Å². The van der Waals surface area contributed by atoms with Crippen LogP contribution >= 0.6 is 0 Å². The van der Waals surface area contributed by atoms with Crippen molar-refractivity contribution >= 4 is 0 Å². The Morgan fingerprint density at radius 3 is 2.62 bits per heavy atom. The van der Waals surface area contributed by atoms with Crippen LogP contribution in [0, 0.1) is 5.82 Å². The summed E-state index contributed by atoms with van der Waals surface area (Å²) in [7, 11) is 0. The molecule has 70 valence electrons. The quantitative estimate of drug-likeness (QED) is 0.720. The summed E-state index contributed by atoms with van der Waals surface area (Å²) in [6, 6.07) is -5.14. The Kier molecular flexibility index (Phi) is 0.654. The fourth-order valence-corrected chi connectivity index (χ4v) is 0.797. The van der Waals surface area contributed by atoms with Gasteiger partial charge in [-0.3, -0.25) is 0 Å². The number of piperidine rings is 1. The van der Waals surface area contributed by atoms with E-state index in [2.05, 4.69) is 0 Å². The molecule has 1 aromatic rings. The standard InChI is InChI=1S/C11H14FN/c12-11-3-1-9(2-4-11)10-5-7-13-8-6-10/h1-4,10,13H,5-8H2/i1D,2D,3D,4D,5D2,6D2,7D2,8D2,10D. The molecule has 0 unspecified atom stereocenters. The first-order valence-electron chi connectivity index (χ1n) is 9.94. The number of nitrogens with one attached hydrogen (secondary N) is 1. The molecule has 0 aromatic heterocycles. The van der Waals surface area contributed by atoms with E-state index in [9.17, 15) is 4.39 Å². The van der Waals surface area contributed by atoms with Crippen molar-refractivity contribution in [1.82, 2.24) is 5.32 Å². The van der Waals surface area contributed by atoms with E-state index in [-0.39, 0.29) is 0 Å². The van der Waals surface area contributed by atoms with E-state index in [1.807, 2.05) is 0 Å². The van der Waals surface area contributed by atoms with Gasteiger partial charge in [0.2, 0.25) is 0 Å². The van der Waals surface area contributed by atoms with Crippen molar-refractivity contribution in [3.8, 4) is 0 Å². The molecule has 0 amide bonds. The second kappa shape index (κ2) is 3.88. The van der Waals surface area contributed by atoms with Crippen LogP contribution in [0.1, 0.15) is 42.0 Å². The maximum atomic E-state index is 13.8. The van der Waals surface area contributed by atoms with Crippen molar-refractivity contribution in [3.05, 3.63) is 35.6 Å². The Labute approximate surface area is 96.2 Å². The van der Waals surface area contributed by atoms with Crippen molar-refractivity contribution in [1.29, 1.82) is 0 Å². The molecule has 0 aliphatic carbocycles. The largest absolute Gasteiger partial charge is 0.317 e. The van der Waals surface area contributed by atoms with Gasteiger partial charge in [0.05, 0.1) is 5.48 Å². The fourth-order valence-electron chi connectivity index (χ4n) is 0.797. The SMILES string of the molecule is [2H]c1c([2H])c(C2([2H])C([2H])([2H])C([2H])([2H])NC([2H])([2H])C2([2H])[2H])c([2H])c([2H])c1F. The highest BCUT2D eigenvalue weighted by Crippen LogP contribution is 2.24. The zero-order chi connectivity index (χ0) is 20.7. The van der Waals surface area contributed by atoms with Crippen LogP contribution < -0.4 is 5.32 Å².